The van der Waals surface area contributed by atoms with Crippen LogP contribution in [-0.2, 0) is 0 Å². The number of ether oxygens (including phenoxy) is 2. The Hall–Kier alpha value is -6.00. The number of hydrogen-bond donors (Lipinski definition) is 0. The summed E-state index contributed by atoms with van der Waals surface area (Å²) in [7, 11) is 3.31. The minimum absolute atomic E-state index is 0.303. The maximum Gasteiger partial charge on any atom is 0.123 e. The highest BCUT2D eigenvalue weighted by Gasteiger charge is 2.27. The molecule has 0 heterocycles. The van der Waals surface area contributed by atoms with Gasteiger partial charge in [-0.1, -0.05) is 97.1 Å². The topological polar surface area (TPSA) is 18.5 Å². The van der Waals surface area contributed by atoms with Crippen molar-refractivity contribution >= 4 is 32.3 Å². The Morgan fingerprint density at radius 1 is 0.333 bits per heavy atom. The summed E-state index contributed by atoms with van der Waals surface area (Å²) in [5.41, 5.74) is 7.60. The van der Waals surface area contributed by atoms with Crippen LogP contribution in [0.2, 0.25) is 0 Å². The molecule has 0 aliphatic rings. The average molecular weight is 629 g/mol. The molecular weight excluding hydrogens is 598 g/mol. The molecule has 0 amide bonds. The van der Waals surface area contributed by atoms with E-state index in [9.17, 15) is 8.78 Å². The fraction of sp³-hybridized carbons (Fsp3) is 0.0455. The van der Waals surface area contributed by atoms with Crippen molar-refractivity contribution in [1.82, 2.24) is 0 Å². The van der Waals surface area contributed by atoms with Crippen LogP contribution in [0, 0.1) is 11.6 Å². The SMILES string of the molecule is COc1ccc(-c2c(-c3ccc(OC)cc3)c(-c3ccc(F)cc3)c3c4ccccc4c4ccccc4c3c2-c2ccc(F)cc2)cc1. The molecule has 48 heavy (non-hydrogen) atoms. The van der Waals surface area contributed by atoms with Gasteiger partial charge in [-0.05, 0) is 125 Å². The molecule has 2 nitrogen and oxygen atoms in total. The van der Waals surface area contributed by atoms with Crippen molar-refractivity contribution in [3.05, 3.63) is 157 Å². The van der Waals surface area contributed by atoms with Gasteiger partial charge in [0.1, 0.15) is 23.1 Å². The van der Waals surface area contributed by atoms with Crippen molar-refractivity contribution in [3.63, 3.8) is 0 Å². The molecule has 0 unspecified atom stereocenters. The molecule has 8 aromatic rings. The standard InChI is InChI=1S/C44H30F2O2/c1-47-33-23-15-29(16-24-33)39-40(30-17-25-34(48-2)26-18-30)42(28-13-21-32(46)22-14-28)44-38-10-6-4-8-36(38)35-7-3-5-9-37(35)43(44)41(39)27-11-19-31(45)20-12-27/h3-26H,1-2H3. The zero-order chi connectivity index (χ0) is 32.8. The molecule has 0 fully saturated rings. The Morgan fingerprint density at radius 3 is 0.958 bits per heavy atom. The fourth-order valence-electron chi connectivity index (χ4n) is 7.06. The van der Waals surface area contributed by atoms with Crippen LogP contribution in [0.5, 0.6) is 11.5 Å². The zero-order valence-corrected chi connectivity index (χ0v) is 26.4. The first-order chi connectivity index (χ1) is 23.6. The number of rotatable bonds is 6. The molecule has 0 saturated heterocycles. The third kappa shape index (κ3) is 4.85. The molecule has 232 valence electrons. The molecule has 0 atom stereocenters. The molecular formula is C44H30F2O2. The molecule has 0 N–H and O–H groups in total. The molecule has 0 radical (unpaired) electrons. The third-order valence-corrected chi connectivity index (χ3v) is 9.21. The smallest absolute Gasteiger partial charge is 0.123 e. The van der Waals surface area contributed by atoms with Crippen molar-refractivity contribution in [3.8, 4) is 56.0 Å². The van der Waals surface area contributed by atoms with Crippen LogP contribution in [0.1, 0.15) is 0 Å². The molecule has 0 bridgehead atoms. The van der Waals surface area contributed by atoms with Crippen LogP contribution >= 0.6 is 0 Å². The Labute approximate surface area is 277 Å². The van der Waals surface area contributed by atoms with Gasteiger partial charge in [0.2, 0.25) is 0 Å². The van der Waals surface area contributed by atoms with Crippen molar-refractivity contribution < 1.29 is 18.3 Å². The lowest BCUT2D eigenvalue weighted by atomic mass is 9.76. The molecule has 8 aromatic carbocycles. The maximum absolute atomic E-state index is 14.6. The number of fused-ring (bicyclic) bond motifs is 6. The van der Waals surface area contributed by atoms with E-state index in [0.29, 0.717) is 0 Å². The minimum atomic E-state index is -0.303. The molecule has 0 aliphatic carbocycles. The third-order valence-electron chi connectivity index (χ3n) is 9.21. The highest BCUT2D eigenvalue weighted by atomic mass is 19.1. The molecule has 0 aromatic heterocycles. The van der Waals surface area contributed by atoms with Crippen molar-refractivity contribution in [1.29, 1.82) is 0 Å². The summed E-state index contributed by atoms with van der Waals surface area (Å²) in [6.45, 7) is 0. The quantitative estimate of drug-likeness (QED) is 0.171. The molecule has 8 rings (SSSR count). The molecule has 4 heteroatoms. The lowest BCUT2D eigenvalue weighted by Gasteiger charge is -2.26. The number of halogens is 2. The van der Waals surface area contributed by atoms with E-state index in [2.05, 4.69) is 72.8 Å². The van der Waals surface area contributed by atoms with E-state index in [1.165, 1.54) is 24.3 Å². The normalized spacial score (nSPS) is 11.3. The Bertz CT molecular complexity index is 2270. The van der Waals surface area contributed by atoms with Gasteiger partial charge < -0.3 is 9.47 Å². The van der Waals surface area contributed by atoms with E-state index in [1.807, 2.05) is 48.5 Å². The van der Waals surface area contributed by atoms with Gasteiger partial charge in [-0.2, -0.15) is 0 Å². The Morgan fingerprint density at radius 2 is 0.625 bits per heavy atom. The van der Waals surface area contributed by atoms with Gasteiger partial charge in [0.25, 0.3) is 0 Å². The predicted octanol–water partition coefficient (Wildman–Crippen LogP) is 12.1. The van der Waals surface area contributed by atoms with E-state index in [0.717, 1.165) is 88.3 Å². The summed E-state index contributed by atoms with van der Waals surface area (Å²) >= 11 is 0. The summed E-state index contributed by atoms with van der Waals surface area (Å²) in [5, 5.41) is 6.46. The van der Waals surface area contributed by atoms with Crippen molar-refractivity contribution in [2.24, 2.45) is 0 Å². The fourth-order valence-corrected chi connectivity index (χ4v) is 7.06. The van der Waals surface area contributed by atoms with Crippen LogP contribution in [0.3, 0.4) is 0 Å². The van der Waals surface area contributed by atoms with Gasteiger partial charge in [0, 0.05) is 0 Å². The number of methoxy groups -OCH3 is 2. The van der Waals surface area contributed by atoms with Crippen molar-refractivity contribution in [2.75, 3.05) is 14.2 Å². The first kappa shape index (κ1) is 29.4. The second-order valence-electron chi connectivity index (χ2n) is 11.8. The van der Waals surface area contributed by atoms with E-state index in [-0.39, 0.29) is 11.6 Å². The predicted molar refractivity (Wildman–Crippen MR) is 194 cm³/mol. The highest BCUT2D eigenvalue weighted by molar-refractivity contribution is 6.35. The van der Waals surface area contributed by atoms with E-state index in [4.69, 9.17) is 9.47 Å². The minimum Gasteiger partial charge on any atom is -0.497 e. The zero-order valence-electron chi connectivity index (χ0n) is 26.4. The summed E-state index contributed by atoms with van der Waals surface area (Å²) in [6.07, 6.45) is 0. The first-order valence-electron chi connectivity index (χ1n) is 15.8. The molecule has 0 saturated carbocycles. The average Bonchev–Trinajstić information content (AvgIpc) is 3.15. The first-order valence-corrected chi connectivity index (χ1v) is 15.8. The number of hydrogen-bond acceptors (Lipinski definition) is 2. The lowest BCUT2D eigenvalue weighted by molar-refractivity contribution is 0.414. The van der Waals surface area contributed by atoms with E-state index >= 15 is 0 Å². The second kappa shape index (κ2) is 12.0. The van der Waals surface area contributed by atoms with Gasteiger partial charge in [0.05, 0.1) is 14.2 Å². The van der Waals surface area contributed by atoms with Crippen LogP contribution in [-0.4, -0.2) is 14.2 Å². The molecule has 0 spiro atoms. The van der Waals surface area contributed by atoms with E-state index in [1.54, 1.807) is 14.2 Å². The summed E-state index contributed by atoms with van der Waals surface area (Å²) in [6, 6.07) is 46.5. The van der Waals surface area contributed by atoms with Gasteiger partial charge in [-0.15, -0.1) is 0 Å². The van der Waals surface area contributed by atoms with Crippen LogP contribution < -0.4 is 9.47 Å². The second-order valence-corrected chi connectivity index (χ2v) is 11.8. The van der Waals surface area contributed by atoms with Gasteiger partial charge in [-0.25, -0.2) is 8.78 Å². The van der Waals surface area contributed by atoms with Gasteiger partial charge in [-0.3, -0.25) is 0 Å². The lowest BCUT2D eigenvalue weighted by Crippen LogP contribution is -1.99. The van der Waals surface area contributed by atoms with Gasteiger partial charge >= 0.3 is 0 Å². The monoisotopic (exact) mass is 628 g/mol. The summed E-state index contributed by atoms with van der Waals surface area (Å²) in [4.78, 5) is 0. The molecule has 0 aliphatic heterocycles. The van der Waals surface area contributed by atoms with Gasteiger partial charge in [0.15, 0.2) is 0 Å². The number of benzene rings is 8. The maximum atomic E-state index is 14.6. The van der Waals surface area contributed by atoms with Crippen LogP contribution in [0.15, 0.2) is 146 Å². The largest absolute Gasteiger partial charge is 0.497 e. The Balaban J connectivity index is 1.72. The van der Waals surface area contributed by atoms with Crippen molar-refractivity contribution in [2.45, 2.75) is 0 Å². The van der Waals surface area contributed by atoms with Crippen LogP contribution in [0.4, 0.5) is 8.78 Å². The highest BCUT2D eigenvalue weighted by Crippen LogP contribution is 2.54. The summed E-state index contributed by atoms with van der Waals surface area (Å²) < 4.78 is 40.2. The van der Waals surface area contributed by atoms with E-state index < -0.39 is 0 Å². The van der Waals surface area contributed by atoms with Crippen LogP contribution in [0.25, 0.3) is 76.8 Å². The summed E-state index contributed by atoms with van der Waals surface area (Å²) in [5.74, 6) is 0.874. The Kier molecular flexibility index (Phi) is 7.34.